The third-order valence-electron chi connectivity index (χ3n) is 4.12. The summed E-state index contributed by atoms with van der Waals surface area (Å²) in [6, 6.07) is 8.91. The Hall–Kier alpha value is -3.55. The molecule has 1 aliphatic rings. The monoisotopic (exact) mass is 337 g/mol. The van der Waals surface area contributed by atoms with Gasteiger partial charge in [-0.25, -0.2) is 4.98 Å². The number of oxazole rings is 1. The van der Waals surface area contributed by atoms with E-state index in [1.807, 2.05) is 0 Å². The van der Waals surface area contributed by atoms with Gasteiger partial charge in [0.15, 0.2) is 5.58 Å². The summed E-state index contributed by atoms with van der Waals surface area (Å²) in [6.45, 7) is 2.03. The van der Waals surface area contributed by atoms with Gasteiger partial charge >= 0.3 is 0 Å². The molecular formula is C17H11N3O5. The van der Waals surface area contributed by atoms with Gasteiger partial charge in [-0.05, 0) is 31.2 Å². The fourth-order valence-electron chi connectivity index (χ4n) is 2.86. The van der Waals surface area contributed by atoms with Crippen molar-refractivity contribution in [1.29, 1.82) is 0 Å². The molecule has 2 heterocycles. The average molecular weight is 337 g/mol. The van der Waals surface area contributed by atoms with Gasteiger partial charge in [-0.2, -0.15) is 0 Å². The molecule has 0 saturated heterocycles. The van der Waals surface area contributed by atoms with Crippen molar-refractivity contribution in [2.24, 2.45) is 0 Å². The molecule has 2 aromatic carbocycles. The molecule has 4 rings (SSSR count). The van der Waals surface area contributed by atoms with Crippen molar-refractivity contribution in [2.75, 3.05) is 6.54 Å². The Balaban J connectivity index is 1.80. The first-order chi connectivity index (χ1) is 12.0. The molecule has 3 aromatic rings. The smallest absolute Gasteiger partial charge is 0.273 e. The molecule has 0 atom stereocenters. The van der Waals surface area contributed by atoms with Crippen LogP contribution in [0.25, 0.3) is 22.6 Å². The number of rotatable bonds is 3. The van der Waals surface area contributed by atoms with Crippen molar-refractivity contribution < 1.29 is 18.9 Å². The third kappa shape index (κ3) is 2.18. The number of non-ortho nitro benzene ring substituents is 1. The standard InChI is InChI=1S/C17H11N3O5/c1-2-19-16(21)11-5-3-9(7-12(11)17(19)22)15-18-13-6-4-10(20(23)24)8-14(13)25-15/h3-8H,2H2,1H3. The molecule has 1 aromatic heterocycles. The van der Waals surface area contributed by atoms with Crippen LogP contribution < -0.4 is 0 Å². The van der Waals surface area contributed by atoms with E-state index in [2.05, 4.69) is 4.98 Å². The van der Waals surface area contributed by atoms with Crippen LogP contribution in [0.2, 0.25) is 0 Å². The Morgan fingerprint density at radius 1 is 1.12 bits per heavy atom. The van der Waals surface area contributed by atoms with E-state index in [0.717, 1.165) is 0 Å². The minimum absolute atomic E-state index is 0.0940. The van der Waals surface area contributed by atoms with Crippen molar-refractivity contribution >= 4 is 28.6 Å². The molecule has 0 N–H and O–H groups in total. The van der Waals surface area contributed by atoms with Crippen LogP contribution in [0.5, 0.6) is 0 Å². The minimum atomic E-state index is -0.513. The zero-order valence-corrected chi connectivity index (χ0v) is 13.1. The fraction of sp³-hybridized carbons (Fsp3) is 0.118. The van der Waals surface area contributed by atoms with Crippen LogP contribution in [0.4, 0.5) is 5.69 Å². The Morgan fingerprint density at radius 2 is 1.88 bits per heavy atom. The lowest BCUT2D eigenvalue weighted by molar-refractivity contribution is -0.384. The maximum atomic E-state index is 12.3. The Bertz CT molecular complexity index is 1070. The molecule has 0 saturated carbocycles. The highest BCUT2D eigenvalue weighted by Crippen LogP contribution is 2.31. The number of carbonyl (C=O) groups excluding carboxylic acids is 2. The second-order valence-electron chi connectivity index (χ2n) is 5.54. The lowest BCUT2D eigenvalue weighted by Crippen LogP contribution is -2.29. The molecule has 124 valence electrons. The van der Waals surface area contributed by atoms with E-state index in [9.17, 15) is 19.7 Å². The number of carbonyl (C=O) groups is 2. The molecule has 25 heavy (non-hydrogen) atoms. The van der Waals surface area contributed by atoms with E-state index in [0.29, 0.717) is 28.8 Å². The normalized spacial score (nSPS) is 13.6. The van der Waals surface area contributed by atoms with Crippen LogP contribution >= 0.6 is 0 Å². The number of amides is 2. The number of benzene rings is 2. The van der Waals surface area contributed by atoms with Gasteiger partial charge in [-0.15, -0.1) is 0 Å². The van der Waals surface area contributed by atoms with Crippen LogP contribution in [0.15, 0.2) is 40.8 Å². The SMILES string of the molecule is CCN1C(=O)c2ccc(-c3nc4ccc([N+](=O)[O-])cc4o3)cc2C1=O. The molecule has 0 unspecified atom stereocenters. The van der Waals surface area contributed by atoms with Crippen molar-refractivity contribution in [2.45, 2.75) is 6.92 Å². The maximum Gasteiger partial charge on any atom is 0.273 e. The predicted octanol–water partition coefficient (Wildman–Crippen LogP) is 3.02. The number of hydrogen-bond acceptors (Lipinski definition) is 6. The first-order valence-electron chi connectivity index (χ1n) is 7.55. The number of imide groups is 1. The van der Waals surface area contributed by atoms with E-state index in [1.165, 1.54) is 23.1 Å². The van der Waals surface area contributed by atoms with Crippen LogP contribution in [-0.4, -0.2) is 33.2 Å². The molecule has 8 nitrogen and oxygen atoms in total. The summed E-state index contributed by atoms with van der Waals surface area (Å²) in [5.74, 6) is -0.438. The summed E-state index contributed by atoms with van der Waals surface area (Å²) in [5, 5.41) is 10.8. The fourth-order valence-corrected chi connectivity index (χ4v) is 2.86. The molecule has 0 fully saturated rings. The Labute approximate surface area is 140 Å². The van der Waals surface area contributed by atoms with Gasteiger partial charge in [-0.1, -0.05) is 0 Å². The van der Waals surface area contributed by atoms with Crippen LogP contribution in [0, 0.1) is 10.1 Å². The highest BCUT2D eigenvalue weighted by atomic mass is 16.6. The number of hydrogen-bond donors (Lipinski definition) is 0. The van der Waals surface area contributed by atoms with Gasteiger partial charge in [0, 0.05) is 18.2 Å². The predicted molar refractivity (Wildman–Crippen MR) is 87.1 cm³/mol. The molecular weight excluding hydrogens is 326 g/mol. The second-order valence-corrected chi connectivity index (χ2v) is 5.54. The largest absolute Gasteiger partial charge is 0.436 e. The first-order valence-corrected chi connectivity index (χ1v) is 7.55. The number of nitro benzene ring substituents is 1. The molecule has 0 radical (unpaired) electrons. The molecule has 1 aliphatic heterocycles. The average Bonchev–Trinajstić information content (AvgIpc) is 3.13. The zero-order valence-electron chi connectivity index (χ0n) is 13.1. The van der Waals surface area contributed by atoms with Crippen molar-refractivity contribution in [3.05, 3.63) is 57.6 Å². The van der Waals surface area contributed by atoms with Gasteiger partial charge in [-0.3, -0.25) is 24.6 Å². The van der Waals surface area contributed by atoms with Crippen LogP contribution in [0.1, 0.15) is 27.6 Å². The third-order valence-corrected chi connectivity index (χ3v) is 4.12. The van der Waals surface area contributed by atoms with E-state index in [1.54, 1.807) is 25.1 Å². The van der Waals surface area contributed by atoms with E-state index in [4.69, 9.17) is 4.42 Å². The lowest BCUT2D eigenvalue weighted by atomic mass is 10.1. The minimum Gasteiger partial charge on any atom is -0.436 e. The lowest BCUT2D eigenvalue weighted by Gasteiger charge is -2.08. The molecule has 8 heteroatoms. The summed E-state index contributed by atoms with van der Waals surface area (Å²) in [7, 11) is 0. The van der Waals surface area contributed by atoms with Crippen molar-refractivity contribution in [3.63, 3.8) is 0 Å². The van der Waals surface area contributed by atoms with Crippen molar-refractivity contribution in [3.8, 4) is 11.5 Å². The molecule has 2 amide bonds. The summed E-state index contributed by atoms with van der Waals surface area (Å²) in [6.07, 6.45) is 0. The summed E-state index contributed by atoms with van der Waals surface area (Å²) < 4.78 is 5.59. The van der Waals surface area contributed by atoms with Crippen LogP contribution in [-0.2, 0) is 0 Å². The Morgan fingerprint density at radius 3 is 2.60 bits per heavy atom. The van der Waals surface area contributed by atoms with E-state index in [-0.39, 0.29) is 29.0 Å². The second kappa shape index (κ2) is 5.23. The van der Waals surface area contributed by atoms with Gasteiger partial charge in [0.2, 0.25) is 5.89 Å². The first kappa shape index (κ1) is 15.0. The Kier molecular flexibility index (Phi) is 3.14. The quantitative estimate of drug-likeness (QED) is 0.413. The van der Waals surface area contributed by atoms with Crippen LogP contribution in [0.3, 0.4) is 0 Å². The van der Waals surface area contributed by atoms with Gasteiger partial charge < -0.3 is 4.42 Å². The van der Waals surface area contributed by atoms with E-state index >= 15 is 0 Å². The number of fused-ring (bicyclic) bond motifs is 2. The number of aromatic nitrogens is 1. The maximum absolute atomic E-state index is 12.3. The number of nitrogens with zero attached hydrogens (tertiary/aromatic N) is 3. The van der Waals surface area contributed by atoms with Gasteiger partial charge in [0.1, 0.15) is 5.52 Å². The zero-order chi connectivity index (χ0) is 17.7. The summed E-state index contributed by atoms with van der Waals surface area (Å²) in [4.78, 5) is 40.2. The van der Waals surface area contributed by atoms with E-state index < -0.39 is 4.92 Å². The molecule has 0 spiro atoms. The summed E-state index contributed by atoms with van der Waals surface area (Å²) >= 11 is 0. The van der Waals surface area contributed by atoms with Crippen molar-refractivity contribution in [1.82, 2.24) is 9.88 Å². The highest BCUT2D eigenvalue weighted by Gasteiger charge is 2.34. The summed E-state index contributed by atoms with van der Waals surface area (Å²) in [5.41, 5.74) is 1.83. The van der Waals surface area contributed by atoms with Gasteiger partial charge in [0.25, 0.3) is 17.5 Å². The molecule has 0 bridgehead atoms. The van der Waals surface area contributed by atoms with Gasteiger partial charge in [0.05, 0.1) is 22.1 Å². The molecule has 0 aliphatic carbocycles. The number of nitro groups is 1. The topological polar surface area (TPSA) is 107 Å². The highest BCUT2D eigenvalue weighted by molar-refractivity contribution is 6.21.